The molecule has 2 fully saturated rings. The van der Waals surface area contributed by atoms with Crippen LogP contribution in [0.4, 0.5) is 0 Å². The van der Waals surface area contributed by atoms with Crippen molar-refractivity contribution in [3.8, 4) is 11.5 Å². The number of phenolic OH excluding ortho intramolecular Hbond substituents is 1. The van der Waals surface area contributed by atoms with Gasteiger partial charge in [0.2, 0.25) is 0 Å². The summed E-state index contributed by atoms with van der Waals surface area (Å²) in [5.41, 5.74) is 0.202. The molecule has 202 valence electrons. The fourth-order valence-corrected chi connectivity index (χ4v) is 8.22. The van der Waals surface area contributed by atoms with Crippen molar-refractivity contribution in [3.05, 3.63) is 22.8 Å². The molecular formula is C28H37NO8. The number of nitrogens with zero attached hydrogens (tertiary/aromatic N) is 1. The molecule has 4 N–H and O–H groups in total. The van der Waals surface area contributed by atoms with Crippen LogP contribution in [0.5, 0.6) is 11.5 Å². The number of aromatic hydroxyl groups is 1. The zero-order chi connectivity index (χ0) is 27.1. The predicted octanol–water partition coefficient (Wildman–Crippen LogP) is 3.57. The van der Waals surface area contributed by atoms with Crippen molar-refractivity contribution in [3.63, 3.8) is 0 Å². The molecule has 1 aromatic rings. The summed E-state index contributed by atoms with van der Waals surface area (Å²) in [7, 11) is 0. The number of aliphatic hydroxyl groups is 1. The minimum atomic E-state index is -1.29. The molecule has 37 heavy (non-hydrogen) atoms. The molecule has 6 atom stereocenters. The van der Waals surface area contributed by atoms with Gasteiger partial charge < -0.3 is 30.1 Å². The average Bonchev–Trinajstić information content (AvgIpc) is 3.36. The van der Waals surface area contributed by atoms with Crippen molar-refractivity contribution < 1.29 is 39.5 Å². The number of carbonyl (C=O) groups is 3. The van der Waals surface area contributed by atoms with E-state index in [9.17, 15) is 29.7 Å². The number of hydrogen-bond donors (Lipinski definition) is 4. The molecule has 2 saturated carbocycles. The molecule has 2 aliphatic carbocycles. The Labute approximate surface area is 216 Å². The molecule has 0 aromatic heterocycles. The second-order valence-corrected chi connectivity index (χ2v) is 12.4. The van der Waals surface area contributed by atoms with E-state index in [0.29, 0.717) is 29.7 Å². The van der Waals surface area contributed by atoms with E-state index in [1.807, 2.05) is 0 Å². The van der Waals surface area contributed by atoms with E-state index in [2.05, 4.69) is 27.7 Å². The molecule has 9 heteroatoms. The second-order valence-electron chi connectivity index (χ2n) is 12.4. The van der Waals surface area contributed by atoms with E-state index in [0.717, 1.165) is 19.3 Å². The Morgan fingerprint density at radius 1 is 1.16 bits per heavy atom. The van der Waals surface area contributed by atoms with Gasteiger partial charge in [-0.3, -0.25) is 9.59 Å². The van der Waals surface area contributed by atoms with Gasteiger partial charge in [-0.1, -0.05) is 27.7 Å². The van der Waals surface area contributed by atoms with Gasteiger partial charge in [0.25, 0.3) is 5.91 Å². The standard InChI is InChI=1S/C28H37NO8/c1-14-5-7-20-26(2,3)21(31)9-10-27(20,4)28(14)12-16-19(30)11-15-17(23(16)37-28)13-29(24(15)34)18(25(35)36)6-8-22(32)33/h11,14,18,20-21,30-31H,5-10,12-13H2,1-4H3,(H,32,33)(H,35,36)/t14-,18+,20+,21-,27+,28+/m1/s1. The maximum Gasteiger partial charge on any atom is 0.326 e. The van der Waals surface area contributed by atoms with E-state index in [1.54, 1.807) is 0 Å². The number of carboxylic acid groups (broad SMARTS) is 2. The third-order valence-electron chi connectivity index (χ3n) is 10.4. The highest BCUT2D eigenvalue weighted by Crippen LogP contribution is 2.67. The molecule has 5 rings (SSSR count). The Balaban J connectivity index is 1.55. The van der Waals surface area contributed by atoms with E-state index >= 15 is 0 Å². The van der Waals surface area contributed by atoms with Gasteiger partial charge in [0.05, 0.1) is 18.2 Å². The lowest BCUT2D eigenvalue weighted by molar-refractivity contribution is -0.210. The van der Waals surface area contributed by atoms with E-state index < -0.39 is 35.6 Å². The molecule has 1 spiro atoms. The Morgan fingerprint density at radius 3 is 2.51 bits per heavy atom. The van der Waals surface area contributed by atoms with Crippen molar-refractivity contribution in [2.75, 3.05) is 0 Å². The van der Waals surface area contributed by atoms with E-state index in [1.165, 1.54) is 11.0 Å². The third-order valence-corrected chi connectivity index (χ3v) is 10.4. The highest BCUT2D eigenvalue weighted by Gasteiger charge is 2.67. The number of amides is 1. The first-order valence-electron chi connectivity index (χ1n) is 13.2. The van der Waals surface area contributed by atoms with Gasteiger partial charge >= 0.3 is 11.9 Å². The lowest BCUT2D eigenvalue weighted by Crippen LogP contribution is -2.66. The number of carbonyl (C=O) groups excluding carboxylic acids is 1. The Bertz CT molecular complexity index is 1180. The number of hydrogen-bond acceptors (Lipinski definition) is 6. The van der Waals surface area contributed by atoms with Crippen LogP contribution in [0.25, 0.3) is 0 Å². The third kappa shape index (κ3) is 3.49. The maximum atomic E-state index is 13.3. The number of aliphatic carboxylic acids is 2. The van der Waals surface area contributed by atoms with Crippen molar-refractivity contribution in [1.29, 1.82) is 0 Å². The molecule has 2 aliphatic heterocycles. The molecule has 9 nitrogen and oxygen atoms in total. The van der Waals surface area contributed by atoms with Crippen LogP contribution in [0.1, 0.15) is 87.7 Å². The van der Waals surface area contributed by atoms with Gasteiger partial charge in [-0.2, -0.15) is 0 Å². The first-order chi connectivity index (χ1) is 17.2. The van der Waals surface area contributed by atoms with Crippen LogP contribution in [0, 0.1) is 22.7 Å². The van der Waals surface area contributed by atoms with Crippen LogP contribution in [0.15, 0.2) is 6.07 Å². The van der Waals surface area contributed by atoms with Gasteiger partial charge in [0.15, 0.2) is 0 Å². The summed E-state index contributed by atoms with van der Waals surface area (Å²) < 4.78 is 6.95. The molecule has 2 heterocycles. The Morgan fingerprint density at radius 2 is 1.86 bits per heavy atom. The predicted molar refractivity (Wildman–Crippen MR) is 132 cm³/mol. The zero-order valence-corrected chi connectivity index (χ0v) is 21.9. The minimum absolute atomic E-state index is 0.0117. The molecule has 0 bridgehead atoms. The normalized spacial score (nSPS) is 34.5. The smallest absolute Gasteiger partial charge is 0.326 e. The fourth-order valence-electron chi connectivity index (χ4n) is 8.22. The highest BCUT2D eigenvalue weighted by atomic mass is 16.5. The summed E-state index contributed by atoms with van der Waals surface area (Å²) in [6.07, 6.45) is 2.83. The SMILES string of the molecule is C[C@@H]1CC[C@H]2C(C)(C)[C@H](O)CC[C@]2(C)[C@]12Cc1c(O)cc3c(c1O2)CN([C@@H](CCC(=O)O)C(=O)O)C3=O. The first kappa shape index (κ1) is 25.8. The molecule has 1 amide bonds. The number of fused-ring (bicyclic) bond motifs is 5. The van der Waals surface area contributed by atoms with Gasteiger partial charge in [0, 0.05) is 29.4 Å². The number of phenols is 1. The summed E-state index contributed by atoms with van der Waals surface area (Å²) in [4.78, 5) is 37.6. The first-order valence-corrected chi connectivity index (χ1v) is 13.2. The Hall–Kier alpha value is -2.81. The van der Waals surface area contributed by atoms with Crippen LogP contribution in [-0.2, 0) is 22.6 Å². The topological polar surface area (TPSA) is 145 Å². The largest absolute Gasteiger partial charge is 0.508 e. The summed E-state index contributed by atoms with van der Waals surface area (Å²) in [5, 5.41) is 40.8. The van der Waals surface area contributed by atoms with Gasteiger partial charge in [-0.25, -0.2) is 4.79 Å². The van der Waals surface area contributed by atoms with Crippen LogP contribution in [0.3, 0.4) is 0 Å². The van der Waals surface area contributed by atoms with Crippen LogP contribution >= 0.6 is 0 Å². The zero-order valence-electron chi connectivity index (χ0n) is 21.9. The number of rotatable bonds is 5. The van der Waals surface area contributed by atoms with Crippen LogP contribution in [0.2, 0.25) is 0 Å². The minimum Gasteiger partial charge on any atom is -0.508 e. The molecular weight excluding hydrogens is 478 g/mol. The average molecular weight is 516 g/mol. The number of ether oxygens (including phenoxy) is 1. The lowest BCUT2D eigenvalue weighted by Gasteiger charge is -2.64. The van der Waals surface area contributed by atoms with E-state index in [-0.39, 0.29) is 53.4 Å². The van der Waals surface area contributed by atoms with Crippen LogP contribution in [-0.4, -0.2) is 60.9 Å². The van der Waals surface area contributed by atoms with Crippen molar-refractivity contribution in [2.45, 2.75) is 96.9 Å². The summed E-state index contributed by atoms with van der Waals surface area (Å²) in [6.45, 7) is 8.66. The monoisotopic (exact) mass is 515 g/mol. The molecule has 0 unspecified atom stereocenters. The van der Waals surface area contributed by atoms with E-state index in [4.69, 9.17) is 9.84 Å². The maximum absolute atomic E-state index is 13.3. The van der Waals surface area contributed by atoms with Crippen molar-refractivity contribution >= 4 is 17.8 Å². The number of carboxylic acids is 2. The Kier molecular flexibility index (Phi) is 5.83. The van der Waals surface area contributed by atoms with Crippen LogP contribution < -0.4 is 4.74 Å². The van der Waals surface area contributed by atoms with Crippen molar-refractivity contribution in [1.82, 2.24) is 4.90 Å². The summed E-state index contributed by atoms with van der Waals surface area (Å²) >= 11 is 0. The molecule has 0 radical (unpaired) electrons. The van der Waals surface area contributed by atoms with Gasteiger partial charge in [-0.05, 0) is 55.4 Å². The molecule has 4 aliphatic rings. The van der Waals surface area contributed by atoms with Crippen molar-refractivity contribution in [2.24, 2.45) is 22.7 Å². The lowest BCUT2D eigenvalue weighted by atomic mass is 9.43. The quantitative estimate of drug-likeness (QED) is 0.466. The highest BCUT2D eigenvalue weighted by molar-refractivity contribution is 6.02. The fraction of sp³-hybridized carbons (Fsp3) is 0.679. The summed E-state index contributed by atoms with van der Waals surface area (Å²) in [6, 6.07) is 0.122. The summed E-state index contributed by atoms with van der Waals surface area (Å²) in [5.74, 6) is -2.14. The molecule has 0 saturated heterocycles. The second kappa shape index (κ2) is 8.35. The molecule has 1 aromatic carbocycles. The number of aliphatic hydroxyl groups excluding tert-OH is 1. The van der Waals surface area contributed by atoms with Gasteiger partial charge in [0.1, 0.15) is 23.1 Å². The number of benzene rings is 1. The van der Waals surface area contributed by atoms with Gasteiger partial charge in [-0.15, -0.1) is 0 Å².